The Labute approximate surface area is 157 Å². The number of aromatic hydroxyl groups is 1. The van der Waals surface area contributed by atoms with Crippen molar-refractivity contribution in [2.75, 3.05) is 6.61 Å². The third-order valence-corrected chi connectivity index (χ3v) is 4.37. The first-order chi connectivity index (χ1) is 12.6. The highest BCUT2D eigenvalue weighted by atomic mass is 16.5. The lowest BCUT2D eigenvalue weighted by Gasteiger charge is -2.10. The van der Waals surface area contributed by atoms with E-state index in [0.29, 0.717) is 16.8 Å². The molecule has 3 N–H and O–H groups in total. The number of aryl methyl sites for hydroxylation is 3. The van der Waals surface area contributed by atoms with Gasteiger partial charge in [0, 0.05) is 17.8 Å². The van der Waals surface area contributed by atoms with Gasteiger partial charge in [-0.25, -0.2) is 4.79 Å². The van der Waals surface area contributed by atoms with Crippen LogP contribution in [-0.4, -0.2) is 34.4 Å². The molecule has 0 saturated carbocycles. The number of amides is 1. The van der Waals surface area contributed by atoms with Crippen molar-refractivity contribution in [3.63, 3.8) is 0 Å². The van der Waals surface area contributed by atoms with Gasteiger partial charge in [-0.15, -0.1) is 0 Å². The highest BCUT2D eigenvalue weighted by Gasteiger charge is 2.21. The number of carbonyl (C=O) groups is 3. The molecule has 0 bridgehead atoms. The first-order valence-electron chi connectivity index (χ1n) is 8.54. The van der Waals surface area contributed by atoms with E-state index in [0.717, 1.165) is 16.7 Å². The number of phenols is 1. The molecule has 1 aromatic carbocycles. The van der Waals surface area contributed by atoms with E-state index in [-0.39, 0.29) is 23.8 Å². The molecule has 144 valence electrons. The number of benzene rings is 1. The van der Waals surface area contributed by atoms with Crippen molar-refractivity contribution in [2.45, 2.75) is 41.2 Å². The Bertz CT molecular complexity index is 888. The summed E-state index contributed by atoms with van der Waals surface area (Å²) < 4.78 is 5.04. The summed E-state index contributed by atoms with van der Waals surface area (Å²) >= 11 is 0. The maximum absolute atomic E-state index is 12.2. The van der Waals surface area contributed by atoms with E-state index in [9.17, 15) is 19.5 Å². The molecule has 0 saturated heterocycles. The summed E-state index contributed by atoms with van der Waals surface area (Å²) in [5.74, 6) is -1.04. The highest BCUT2D eigenvalue weighted by molar-refractivity contribution is 6.01. The molecule has 7 heteroatoms. The summed E-state index contributed by atoms with van der Waals surface area (Å²) in [6, 6.07) is 3.56. The maximum Gasteiger partial charge on any atom is 0.355 e. The molecular formula is C20H24N2O5. The van der Waals surface area contributed by atoms with Crippen LogP contribution in [0.3, 0.4) is 0 Å². The Balaban J connectivity index is 1.93. The Morgan fingerprint density at radius 3 is 2.22 bits per heavy atom. The lowest BCUT2D eigenvalue weighted by molar-refractivity contribution is -0.124. The first kappa shape index (κ1) is 20.2. The highest BCUT2D eigenvalue weighted by Crippen LogP contribution is 2.23. The fourth-order valence-corrected chi connectivity index (χ4v) is 3.08. The van der Waals surface area contributed by atoms with E-state index in [4.69, 9.17) is 4.74 Å². The zero-order chi connectivity index (χ0) is 20.3. The Morgan fingerprint density at radius 2 is 1.70 bits per heavy atom. The van der Waals surface area contributed by atoms with E-state index in [1.165, 1.54) is 6.92 Å². The second kappa shape index (κ2) is 8.07. The van der Waals surface area contributed by atoms with Crippen molar-refractivity contribution in [1.82, 2.24) is 10.3 Å². The van der Waals surface area contributed by atoms with E-state index >= 15 is 0 Å². The molecule has 0 aliphatic carbocycles. The zero-order valence-electron chi connectivity index (χ0n) is 16.1. The van der Waals surface area contributed by atoms with Gasteiger partial charge in [0.25, 0.3) is 5.91 Å². The van der Waals surface area contributed by atoms with Crippen LogP contribution in [0.4, 0.5) is 0 Å². The fourth-order valence-electron chi connectivity index (χ4n) is 3.08. The Hall–Kier alpha value is -3.09. The van der Waals surface area contributed by atoms with Crippen LogP contribution in [0.2, 0.25) is 0 Å². The fraction of sp³-hybridized carbons (Fsp3) is 0.350. The van der Waals surface area contributed by atoms with Crippen molar-refractivity contribution in [3.05, 3.63) is 51.3 Å². The number of H-pyrrole nitrogens is 1. The molecule has 2 aromatic rings. The molecule has 0 radical (unpaired) electrons. The number of aromatic nitrogens is 1. The van der Waals surface area contributed by atoms with Gasteiger partial charge in [-0.05, 0) is 56.9 Å². The molecule has 0 fully saturated rings. The molecule has 1 aromatic heterocycles. The molecule has 0 aliphatic heterocycles. The number of carbonyl (C=O) groups excluding carboxylic acids is 3. The predicted octanol–water partition coefficient (Wildman–Crippen LogP) is 2.63. The number of phenolic OH excluding ortho intramolecular Hbond substituents is 1. The lowest BCUT2D eigenvalue weighted by atomic mass is 10.1. The second-order valence-corrected chi connectivity index (χ2v) is 6.61. The lowest BCUT2D eigenvalue weighted by Crippen LogP contribution is -2.28. The minimum absolute atomic E-state index is 0.141. The number of nitrogens with one attached hydrogen (secondary N) is 2. The minimum atomic E-state index is -0.686. The molecule has 1 amide bonds. The predicted molar refractivity (Wildman–Crippen MR) is 100.0 cm³/mol. The van der Waals surface area contributed by atoms with E-state index in [1.807, 2.05) is 0 Å². The molecule has 2 rings (SSSR count). The van der Waals surface area contributed by atoms with Crippen molar-refractivity contribution in [2.24, 2.45) is 0 Å². The van der Waals surface area contributed by atoms with Crippen molar-refractivity contribution in [1.29, 1.82) is 0 Å². The van der Waals surface area contributed by atoms with E-state index in [2.05, 4.69) is 10.3 Å². The monoisotopic (exact) mass is 372 g/mol. The third-order valence-electron chi connectivity index (χ3n) is 4.37. The molecule has 0 atom stereocenters. The number of aromatic amines is 1. The summed E-state index contributed by atoms with van der Waals surface area (Å²) in [5, 5.41) is 12.4. The van der Waals surface area contributed by atoms with Gasteiger partial charge in [0.05, 0.1) is 0 Å². The van der Waals surface area contributed by atoms with Gasteiger partial charge in [-0.3, -0.25) is 9.59 Å². The van der Waals surface area contributed by atoms with Crippen LogP contribution in [0.5, 0.6) is 5.75 Å². The molecule has 0 unspecified atom stereocenters. The average Bonchev–Trinajstić information content (AvgIpc) is 2.90. The summed E-state index contributed by atoms with van der Waals surface area (Å²) in [7, 11) is 0. The van der Waals surface area contributed by atoms with Crippen molar-refractivity contribution in [3.8, 4) is 5.75 Å². The van der Waals surface area contributed by atoms with E-state index in [1.54, 1.807) is 39.8 Å². The molecule has 27 heavy (non-hydrogen) atoms. The number of hydrogen-bond acceptors (Lipinski definition) is 5. The summed E-state index contributed by atoms with van der Waals surface area (Å²) in [6.45, 7) is 8.19. The van der Waals surface area contributed by atoms with Gasteiger partial charge in [-0.1, -0.05) is 12.1 Å². The molecule has 7 nitrogen and oxygen atoms in total. The number of ketones is 1. The van der Waals surface area contributed by atoms with Crippen molar-refractivity contribution < 1.29 is 24.2 Å². The number of esters is 1. The summed E-state index contributed by atoms with van der Waals surface area (Å²) in [4.78, 5) is 38.6. The van der Waals surface area contributed by atoms with E-state index < -0.39 is 18.5 Å². The number of hydrogen-bond donors (Lipinski definition) is 3. The SMILES string of the molecule is CC(=O)c1c(C)[nH]c(C(=O)OCC(=O)NCc2cc(C)c(O)c(C)c2)c1C. The molecular weight excluding hydrogens is 348 g/mol. The van der Waals surface area contributed by atoms with Crippen molar-refractivity contribution >= 4 is 17.7 Å². The zero-order valence-corrected chi connectivity index (χ0v) is 16.1. The van der Waals surface area contributed by atoms with Crippen LogP contribution in [0, 0.1) is 27.7 Å². The first-order valence-corrected chi connectivity index (χ1v) is 8.54. The van der Waals surface area contributed by atoms with Gasteiger partial charge in [-0.2, -0.15) is 0 Å². The van der Waals surface area contributed by atoms with Gasteiger partial charge >= 0.3 is 5.97 Å². The van der Waals surface area contributed by atoms with Gasteiger partial charge in [0.1, 0.15) is 11.4 Å². The van der Waals surface area contributed by atoms with Gasteiger partial charge < -0.3 is 20.1 Å². The molecule has 1 heterocycles. The molecule has 0 spiro atoms. The largest absolute Gasteiger partial charge is 0.507 e. The quantitative estimate of drug-likeness (QED) is 0.534. The smallest absolute Gasteiger partial charge is 0.355 e. The van der Waals surface area contributed by atoms with Crippen LogP contribution in [0.1, 0.15) is 55.7 Å². The van der Waals surface area contributed by atoms with Crippen LogP contribution >= 0.6 is 0 Å². The summed E-state index contributed by atoms with van der Waals surface area (Å²) in [5.41, 5.74) is 4.04. The van der Waals surface area contributed by atoms with Crippen LogP contribution in [-0.2, 0) is 16.1 Å². The van der Waals surface area contributed by atoms with Crippen LogP contribution in [0.15, 0.2) is 12.1 Å². The number of Topliss-reactive ketones (excluding diaryl/α,β-unsaturated/α-hetero) is 1. The van der Waals surface area contributed by atoms with Crippen LogP contribution < -0.4 is 5.32 Å². The topological polar surface area (TPSA) is 108 Å². The van der Waals surface area contributed by atoms with Gasteiger partial charge in [0.15, 0.2) is 12.4 Å². The average molecular weight is 372 g/mol. The molecule has 0 aliphatic rings. The third kappa shape index (κ3) is 4.55. The standard InChI is InChI=1S/C20H24N2O5/c1-10-6-15(7-11(2)19(10)25)8-21-16(24)9-27-20(26)18-12(3)17(14(5)23)13(4)22-18/h6-7,22,25H,8-9H2,1-5H3,(H,21,24). The van der Waals surface area contributed by atoms with Crippen LogP contribution in [0.25, 0.3) is 0 Å². The Morgan fingerprint density at radius 1 is 1.11 bits per heavy atom. The number of ether oxygens (including phenoxy) is 1. The normalized spacial score (nSPS) is 10.6. The summed E-state index contributed by atoms with van der Waals surface area (Å²) in [6.07, 6.45) is 0. The van der Waals surface area contributed by atoms with Gasteiger partial charge in [0.2, 0.25) is 0 Å². The Kier molecular flexibility index (Phi) is 6.05. The maximum atomic E-state index is 12.2. The second-order valence-electron chi connectivity index (χ2n) is 6.61. The number of rotatable bonds is 6. The minimum Gasteiger partial charge on any atom is -0.507 e.